The number of nitrogens with zero attached hydrogens (tertiary/aromatic N) is 3. The van der Waals surface area contributed by atoms with Gasteiger partial charge in [-0.3, -0.25) is 13.9 Å². The quantitative estimate of drug-likeness (QED) is 0.431. The van der Waals surface area contributed by atoms with Crippen LogP contribution in [0.4, 0.5) is 5.69 Å². The number of aryl methyl sites for hydroxylation is 2. The summed E-state index contributed by atoms with van der Waals surface area (Å²) in [5.74, 6) is 2.20. The minimum Gasteiger partial charge on any atom is -0.497 e. The monoisotopic (exact) mass is 468 g/mol. The van der Waals surface area contributed by atoms with Crippen molar-refractivity contribution in [2.24, 2.45) is 14.1 Å². The molecule has 0 radical (unpaired) electrons. The highest BCUT2D eigenvalue weighted by atomic mass is 16.5. The summed E-state index contributed by atoms with van der Waals surface area (Å²) in [6.45, 7) is 1.89. The largest absolute Gasteiger partial charge is 0.497 e. The zero-order chi connectivity index (χ0) is 24.4. The fraction of sp³-hybridized carbons (Fsp3) is 0.185. The molecule has 8 heteroatoms. The molecular weight excluding hydrogens is 444 g/mol. The molecule has 0 bridgehead atoms. The maximum Gasteiger partial charge on any atom is 0.331 e. The number of rotatable bonds is 3. The van der Waals surface area contributed by atoms with Gasteiger partial charge < -0.3 is 19.0 Å². The third-order valence-corrected chi connectivity index (χ3v) is 6.74. The third kappa shape index (κ3) is 2.92. The standard InChI is InChI=1S/C27H24N4O4/c1-15-9-14-20(35-15)22-25-24-21(26(32)30(3)27(33)29(24)2)23(16-10-12-17(34-4)13-11-16)31(25)19-8-6-5-7-18(19)28-22/h5-14,22,28H,1-4H3. The molecule has 1 atom stereocenters. The number of ether oxygens (including phenoxy) is 1. The summed E-state index contributed by atoms with van der Waals surface area (Å²) >= 11 is 0. The first-order valence-electron chi connectivity index (χ1n) is 11.3. The van der Waals surface area contributed by atoms with Gasteiger partial charge in [0.25, 0.3) is 5.56 Å². The Hall–Kier alpha value is -4.46. The number of methoxy groups -OCH3 is 1. The Kier molecular flexibility index (Phi) is 4.54. The number of furan rings is 1. The van der Waals surface area contributed by atoms with Gasteiger partial charge in [-0.15, -0.1) is 0 Å². The molecule has 0 spiro atoms. The lowest BCUT2D eigenvalue weighted by Gasteiger charge is -2.29. The Labute approximate surface area is 200 Å². The van der Waals surface area contributed by atoms with Crippen molar-refractivity contribution in [1.29, 1.82) is 0 Å². The highest BCUT2D eigenvalue weighted by molar-refractivity contribution is 5.99. The average molecular weight is 469 g/mol. The van der Waals surface area contributed by atoms with E-state index in [2.05, 4.69) is 9.88 Å². The van der Waals surface area contributed by atoms with E-state index in [0.717, 1.165) is 44.4 Å². The first-order valence-corrected chi connectivity index (χ1v) is 11.3. The molecule has 1 N–H and O–H groups in total. The van der Waals surface area contributed by atoms with Crippen molar-refractivity contribution in [3.8, 4) is 22.7 Å². The van der Waals surface area contributed by atoms with Crippen LogP contribution in [-0.2, 0) is 14.1 Å². The molecule has 1 unspecified atom stereocenters. The molecule has 0 amide bonds. The van der Waals surface area contributed by atoms with E-state index in [4.69, 9.17) is 9.15 Å². The number of fused-ring (bicyclic) bond motifs is 5. The second-order valence-corrected chi connectivity index (χ2v) is 8.77. The van der Waals surface area contributed by atoms with E-state index in [0.29, 0.717) is 16.7 Å². The number of hydrogen-bond acceptors (Lipinski definition) is 5. The molecule has 176 valence electrons. The van der Waals surface area contributed by atoms with Gasteiger partial charge >= 0.3 is 5.69 Å². The van der Waals surface area contributed by atoms with Crippen LogP contribution >= 0.6 is 0 Å². The van der Waals surface area contributed by atoms with E-state index in [1.165, 1.54) is 7.05 Å². The zero-order valence-corrected chi connectivity index (χ0v) is 19.8. The summed E-state index contributed by atoms with van der Waals surface area (Å²) in [7, 11) is 4.83. The van der Waals surface area contributed by atoms with E-state index in [1.807, 2.05) is 67.6 Å². The summed E-state index contributed by atoms with van der Waals surface area (Å²) in [5.41, 5.74) is 3.96. The van der Waals surface area contributed by atoms with Crippen LogP contribution in [0.3, 0.4) is 0 Å². The smallest absolute Gasteiger partial charge is 0.331 e. The van der Waals surface area contributed by atoms with E-state index in [1.54, 1.807) is 18.7 Å². The minimum atomic E-state index is -0.411. The van der Waals surface area contributed by atoms with Gasteiger partial charge in [0.2, 0.25) is 0 Å². The molecule has 2 aromatic carbocycles. The normalized spacial score (nSPS) is 14.5. The molecule has 0 aliphatic carbocycles. The van der Waals surface area contributed by atoms with E-state index >= 15 is 0 Å². The van der Waals surface area contributed by atoms with E-state index in [9.17, 15) is 9.59 Å². The second kappa shape index (κ2) is 7.53. The summed E-state index contributed by atoms with van der Waals surface area (Å²) in [6, 6.07) is 19.0. The molecule has 3 aromatic heterocycles. The summed E-state index contributed by atoms with van der Waals surface area (Å²) < 4.78 is 16.2. The van der Waals surface area contributed by atoms with Gasteiger partial charge in [-0.1, -0.05) is 12.1 Å². The Morgan fingerprint density at radius 1 is 0.943 bits per heavy atom. The van der Waals surface area contributed by atoms with Crippen molar-refractivity contribution in [2.75, 3.05) is 12.4 Å². The molecule has 35 heavy (non-hydrogen) atoms. The highest BCUT2D eigenvalue weighted by Crippen LogP contribution is 2.45. The van der Waals surface area contributed by atoms with Crippen molar-refractivity contribution in [3.05, 3.63) is 98.7 Å². The predicted octanol–water partition coefficient (Wildman–Crippen LogP) is 4.12. The molecule has 6 rings (SSSR count). The van der Waals surface area contributed by atoms with Crippen molar-refractivity contribution in [2.45, 2.75) is 13.0 Å². The summed E-state index contributed by atoms with van der Waals surface area (Å²) in [6.07, 6.45) is 0. The SMILES string of the molecule is COc1ccc(-c2c3c(=O)n(C)c(=O)n(C)c3c3n2-c2ccccc2NC3c2ccc(C)o2)cc1. The number of hydrogen-bond donors (Lipinski definition) is 1. The molecule has 1 aliphatic heterocycles. The zero-order valence-electron chi connectivity index (χ0n) is 19.8. The first kappa shape index (κ1) is 21.1. The van der Waals surface area contributed by atoms with Crippen molar-refractivity contribution < 1.29 is 9.15 Å². The van der Waals surface area contributed by atoms with Crippen molar-refractivity contribution in [1.82, 2.24) is 13.7 Å². The molecule has 0 saturated carbocycles. The fourth-order valence-corrected chi connectivity index (χ4v) is 5.06. The fourth-order valence-electron chi connectivity index (χ4n) is 5.06. The van der Waals surface area contributed by atoms with Crippen LogP contribution in [0.5, 0.6) is 5.75 Å². The average Bonchev–Trinajstić information content (AvgIpc) is 3.48. The summed E-state index contributed by atoms with van der Waals surface area (Å²) in [5, 5.41) is 4.05. The number of anilines is 1. The van der Waals surface area contributed by atoms with E-state index in [-0.39, 0.29) is 11.2 Å². The van der Waals surface area contributed by atoms with Gasteiger partial charge in [0.05, 0.1) is 40.8 Å². The molecule has 4 heterocycles. The van der Waals surface area contributed by atoms with Crippen LogP contribution in [0.1, 0.15) is 23.3 Å². The lowest BCUT2D eigenvalue weighted by molar-refractivity contribution is 0.415. The maximum absolute atomic E-state index is 13.7. The highest BCUT2D eigenvalue weighted by Gasteiger charge is 2.35. The number of benzene rings is 2. The number of aromatic nitrogens is 3. The molecule has 8 nitrogen and oxygen atoms in total. The van der Waals surface area contributed by atoms with E-state index < -0.39 is 6.04 Å². The van der Waals surface area contributed by atoms with Gasteiger partial charge in [-0.05, 0) is 61.0 Å². The summed E-state index contributed by atoms with van der Waals surface area (Å²) in [4.78, 5) is 26.7. The second-order valence-electron chi connectivity index (χ2n) is 8.77. The van der Waals surface area contributed by atoms with Crippen molar-refractivity contribution in [3.63, 3.8) is 0 Å². The van der Waals surface area contributed by atoms with Crippen LogP contribution in [-0.4, -0.2) is 20.8 Å². The van der Waals surface area contributed by atoms with Crippen LogP contribution in [0.25, 0.3) is 27.8 Å². The van der Waals surface area contributed by atoms with Crippen LogP contribution in [0.2, 0.25) is 0 Å². The Balaban J connectivity index is 1.84. The molecule has 5 aromatic rings. The van der Waals surface area contributed by atoms with Crippen LogP contribution in [0, 0.1) is 6.92 Å². The molecule has 0 saturated heterocycles. The van der Waals surface area contributed by atoms with Gasteiger partial charge in [-0.25, -0.2) is 4.79 Å². The van der Waals surface area contributed by atoms with Gasteiger partial charge in [0.1, 0.15) is 23.3 Å². The third-order valence-electron chi connectivity index (χ3n) is 6.74. The molecule has 0 fully saturated rings. The van der Waals surface area contributed by atoms with Crippen LogP contribution in [0.15, 0.2) is 74.7 Å². The topological polar surface area (TPSA) is 83.3 Å². The number of para-hydroxylation sites is 2. The van der Waals surface area contributed by atoms with Gasteiger partial charge in [-0.2, -0.15) is 0 Å². The minimum absolute atomic E-state index is 0.345. The Morgan fingerprint density at radius 2 is 1.69 bits per heavy atom. The van der Waals surface area contributed by atoms with Crippen molar-refractivity contribution >= 4 is 16.6 Å². The molecule has 1 aliphatic rings. The Bertz CT molecular complexity index is 1730. The lowest BCUT2D eigenvalue weighted by atomic mass is 10.1. The van der Waals surface area contributed by atoms with Gasteiger partial charge in [0, 0.05) is 14.1 Å². The van der Waals surface area contributed by atoms with Gasteiger partial charge in [0.15, 0.2) is 0 Å². The van der Waals surface area contributed by atoms with Crippen LogP contribution < -0.4 is 21.3 Å². The number of nitrogens with one attached hydrogen (secondary N) is 1. The first-order chi connectivity index (χ1) is 16.9. The maximum atomic E-state index is 13.7. The molecular formula is C27H24N4O4. The lowest BCUT2D eigenvalue weighted by Crippen LogP contribution is -2.37. The Morgan fingerprint density at radius 3 is 2.37 bits per heavy atom. The predicted molar refractivity (Wildman–Crippen MR) is 135 cm³/mol.